The molecule has 0 unspecified atom stereocenters. The van der Waals surface area contributed by atoms with Gasteiger partial charge >= 0.3 is 23.9 Å². The SMILES string of the molecule is CCOC(=O)C(C(=O)OCC)=C1C2=CC=C(C2)C(c2c(F)c(F)c(F)c(F)c2F)=C2C=CC(=C(c3c(F)c(F)c(F)c(F)c3F)C3=CC(=C(c4c(F)c(F)c(F)c(F)c4F)C4=CC=C(C4)C(=C(C(=O)OCC)C(=O)OCC)c4cccc1c4)c1cn(C)cc13)C2. The average molecular weight is 1260 g/mol. The number of hydrogen-bond acceptors (Lipinski definition) is 8. The van der Waals surface area contributed by atoms with Crippen molar-refractivity contribution in [3.63, 3.8) is 0 Å². The number of esters is 4. The van der Waals surface area contributed by atoms with Gasteiger partial charge in [-0.25, -0.2) is 85.0 Å². The number of halogens is 15. The maximum atomic E-state index is 16.9. The fourth-order valence-corrected chi connectivity index (χ4v) is 11.5. The van der Waals surface area contributed by atoms with E-state index < -0.39 is 246 Å². The summed E-state index contributed by atoms with van der Waals surface area (Å²) in [6, 6.07) is 5.02. The first-order chi connectivity index (χ1) is 42.8. The molecule has 9 nitrogen and oxygen atoms in total. The molecule has 24 heteroatoms. The first-order valence-corrected chi connectivity index (χ1v) is 27.2. The average Bonchev–Trinajstić information content (AvgIpc) is 1.55. The third-order valence-electron chi connectivity index (χ3n) is 15.1. The normalized spacial score (nSPS) is 15.2. The van der Waals surface area contributed by atoms with Gasteiger partial charge in [-0.3, -0.25) is 0 Å². The highest BCUT2D eigenvalue weighted by atomic mass is 19.2. The highest BCUT2D eigenvalue weighted by Crippen LogP contribution is 2.55. The van der Waals surface area contributed by atoms with E-state index in [0.717, 1.165) is 48.7 Å². The Morgan fingerprint density at radius 2 is 0.733 bits per heavy atom. The van der Waals surface area contributed by atoms with Crippen LogP contribution < -0.4 is 0 Å². The largest absolute Gasteiger partial charge is 0.462 e. The van der Waals surface area contributed by atoms with Gasteiger partial charge in [0, 0.05) is 41.7 Å². The molecule has 0 N–H and O–H groups in total. The van der Waals surface area contributed by atoms with Gasteiger partial charge in [0.1, 0.15) is 0 Å². The van der Waals surface area contributed by atoms with Crippen LogP contribution in [0.2, 0.25) is 0 Å². The quantitative estimate of drug-likeness (QED) is 0.0188. The summed E-state index contributed by atoms with van der Waals surface area (Å²) in [7, 11) is 1.32. The van der Waals surface area contributed by atoms with Crippen LogP contribution in [0.4, 0.5) is 65.9 Å². The van der Waals surface area contributed by atoms with Gasteiger partial charge < -0.3 is 23.5 Å². The number of aryl methyl sites for hydroxylation is 1. The monoisotopic (exact) mass is 1260 g/mol. The topological polar surface area (TPSA) is 110 Å². The molecule has 0 atom stereocenters. The summed E-state index contributed by atoms with van der Waals surface area (Å²) in [5, 5.41) is 0. The molecule has 0 spiro atoms. The van der Waals surface area contributed by atoms with Crippen molar-refractivity contribution >= 4 is 62.9 Å². The van der Waals surface area contributed by atoms with Crippen LogP contribution in [0, 0.1) is 87.3 Å². The molecular formula is C66H42F15NO8. The van der Waals surface area contributed by atoms with Crippen molar-refractivity contribution < 1.29 is 104 Å². The molecule has 0 aliphatic heterocycles. The molecule has 10 bridgehead atoms. The van der Waals surface area contributed by atoms with Gasteiger partial charge in [0.15, 0.2) is 81.0 Å². The van der Waals surface area contributed by atoms with Crippen molar-refractivity contribution in [3.05, 3.63) is 250 Å². The minimum absolute atomic E-state index is 0.196. The number of aromatic nitrogens is 1. The van der Waals surface area contributed by atoms with Crippen molar-refractivity contribution in [2.45, 2.75) is 47.0 Å². The zero-order chi connectivity index (χ0) is 65.2. The van der Waals surface area contributed by atoms with Crippen LogP contribution in [-0.2, 0) is 45.2 Å². The second kappa shape index (κ2) is 24.6. The zero-order valence-corrected chi connectivity index (χ0v) is 47.3. The molecular weight excluding hydrogens is 1220 g/mol. The maximum Gasteiger partial charge on any atom is 0.346 e. The van der Waals surface area contributed by atoms with Crippen LogP contribution >= 0.6 is 0 Å². The highest BCUT2D eigenvalue weighted by Gasteiger charge is 2.41. The summed E-state index contributed by atoms with van der Waals surface area (Å²) in [4.78, 5) is 57.3. The lowest BCUT2D eigenvalue weighted by Crippen LogP contribution is -2.21. The molecule has 1 heterocycles. The van der Waals surface area contributed by atoms with E-state index in [2.05, 4.69) is 0 Å². The van der Waals surface area contributed by atoms with E-state index in [4.69, 9.17) is 18.9 Å². The summed E-state index contributed by atoms with van der Waals surface area (Å²) in [5.74, 6) is -43.3. The Balaban J connectivity index is 1.42. The summed E-state index contributed by atoms with van der Waals surface area (Å²) >= 11 is 0. The number of rotatable bonds is 11. The van der Waals surface area contributed by atoms with Crippen LogP contribution in [0.1, 0.15) is 85.9 Å². The van der Waals surface area contributed by atoms with Gasteiger partial charge in [-0.2, -0.15) is 0 Å². The number of carbonyl (C=O) groups excluding carboxylic acids is 4. The molecule has 0 amide bonds. The van der Waals surface area contributed by atoms with Gasteiger partial charge in [-0.15, -0.1) is 0 Å². The lowest BCUT2D eigenvalue weighted by molar-refractivity contribution is -0.148. The second-order valence-electron chi connectivity index (χ2n) is 20.3. The molecule has 5 aromatic rings. The lowest BCUT2D eigenvalue weighted by Gasteiger charge is -2.21. The fourth-order valence-electron chi connectivity index (χ4n) is 11.5. The third-order valence-corrected chi connectivity index (χ3v) is 15.1. The number of benzene rings is 4. The molecule has 4 aromatic carbocycles. The zero-order valence-electron chi connectivity index (χ0n) is 47.3. The summed E-state index contributed by atoms with van der Waals surface area (Å²) < 4.78 is 263. The van der Waals surface area contributed by atoms with E-state index >= 15 is 61.5 Å². The standard InChI is InChI=1S/C66H42F15NO8/c1-6-87-63(83)46(64(84)88-7-2)39-26-11-10-12-27(19-26)40(47(65(85)89-8-3)66(86)90-9-4)31-16-18-33(22-31)42(45-52(71)58(77)62(81)59(78)53(45)72)35-23-34(36-24-82(5)25-37(35)36)41(44-50(69)56(75)61(80)57(76)51(44)70)32-17-15-29(21-32)38(28-13-14-30(39)20-28)43-48(67)54(73)60(79)55(74)49(43)68/h10-19,23-25H,6-9,20-22H2,1-5H3. The fraction of sp³-hybridized carbons (Fsp3) is 0.182. The number of hydrogen-bond donors (Lipinski definition) is 0. The van der Waals surface area contributed by atoms with Gasteiger partial charge in [-0.1, -0.05) is 54.7 Å². The number of allylic oxidation sites excluding steroid dienone is 20. The van der Waals surface area contributed by atoms with Crippen molar-refractivity contribution in [2.24, 2.45) is 7.05 Å². The van der Waals surface area contributed by atoms with E-state index in [-0.39, 0.29) is 33.4 Å². The van der Waals surface area contributed by atoms with Crippen molar-refractivity contribution in [2.75, 3.05) is 26.4 Å². The molecule has 90 heavy (non-hydrogen) atoms. The van der Waals surface area contributed by atoms with E-state index in [0.29, 0.717) is 0 Å². The lowest BCUT2D eigenvalue weighted by atomic mass is 9.83. The smallest absolute Gasteiger partial charge is 0.346 e. The van der Waals surface area contributed by atoms with E-state index in [1.807, 2.05) is 0 Å². The molecule has 0 radical (unpaired) electrons. The molecule has 0 saturated heterocycles. The Bertz CT molecular complexity index is 4340. The Kier molecular flexibility index (Phi) is 17.3. The Morgan fingerprint density at radius 1 is 0.411 bits per heavy atom. The number of carbonyl (C=O) groups is 4. The van der Waals surface area contributed by atoms with Crippen molar-refractivity contribution in [3.8, 4) is 0 Å². The minimum Gasteiger partial charge on any atom is -0.462 e. The van der Waals surface area contributed by atoms with Crippen LogP contribution in [0.5, 0.6) is 0 Å². The van der Waals surface area contributed by atoms with Crippen LogP contribution in [-0.4, -0.2) is 54.9 Å². The van der Waals surface area contributed by atoms with Gasteiger partial charge in [-0.05, 0) is 132 Å². The first kappa shape index (κ1) is 63.2. The Labute approximate surface area is 500 Å². The van der Waals surface area contributed by atoms with Gasteiger partial charge in [0.25, 0.3) is 0 Å². The number of ether oxygens (including phenoxy) is 4. The van der Waals surface area contributed by atoms with Gasteiger partial charge in [0.05, 0.1) is 43.1 Å². The molecule has 5 aliphatic carbocycles. The van der Waals surface area contributed by atoms with Gasteiger partial charge in [0.2, 0.25) is 17.5 Å². The Hall–Kier alpha value is -9.87. The van der Waals surface area contributed by atoms with E-state index in [1.165, 1.54) is 69.8 Å². The molecule has 5 aliphatic rings. The minimum atomic E-state index is -2.67. The van der Waals surface area contributed by atoms with E-state index in [9.17, 15) is 23.6 Å². The number of fused-ring (bicyclic) bond motifs is 12. The molecule has 1 aromatic heterocycles. The van der Waals surface area contributed by atoms with Crippen molar-refractivity contribution in [1.29, 1.82) is 0 Å². The van der Waals surface area contributed by atoms with Crippen LogP contribution in [0.3, 0.4) is 0 Å². The predicted octanol–water partition coefficient (Wildman–Crippen LogP) is 15.3. The summed E-state index contributed by atoms with van der Waals surface area (Å²) in [6.45, 7) is 3.86. The molecule has 0 saturated carbocycles. The van der Waals surface area contributed by atoms with Crippen LogP contribution in [0.25, 0.3) is 39.0 Å². The summed E-state index contributed by atoms with van der Waals surface area (Å²) in [5.41, 5.74) is -15.1. The first-order valence-electron chi connectivity index (χ1n) is 27.2. The highest BCUT2D eigenvalue weighted by molar-refractivity contribution is 6.25. The molecule has 10 rings (SSSR count). The van der Waals surface area contributed by atoms with E-state index in [1.54, 1.807) is 0 Å². The van der Waals surface area contributed by atoms with Crippen molar-refractivity contribution in [1.82, 2.24) is 4.57 Å². The maximum absolute atomic E-state index is 16.9. The molecule has 464 valence electrons. The third kappa shape index (κ3) is 10.4. The second-order valence-corrected chi connectivity index (χ2v) is 20.3. The summed E-state index contributed by atoms with van der Waals surface area (Å²) in [6.07, 6.45) is 7.01. The Morgan fingerprint density at radius 3 is 1.12 bits per heavy atom. The molecule has 0 fully saturated rings. The number of nitrogens with zero attached hydrogens (tertiary/aromatic N) is 1. The van der Waals surface area contributed by atoms with Crippen LogP contribution in [0.15, 0.2) is 124 Å². The predicted molar refractivity (Wildman–Crippen MR) is 295 cm³/mol.